The van der Waals surface area contributed by atoms with Crippen LogP contribution in [0.25, 0.3) is 0 Å². The minimum atomic E-state index is 0.596. The molecule has 60 valence electrons. The minimum absolute atomic E-state index is 0.596. The molecule has 0 radical (unpaired) electrons. The van der Waals surface area contributed by atoms with E-state index in [1.807, 2.05) is 6.92 Å². The summed E-state index contributed by atoms with van der Waals surface area (Å²) in [6, 6.07) is 0. The molecule has 1 N–H and O–H groups in total. The summed E-state index contributed by atoms with van der Waals surface area (Å²) >= 11 is 3.22. The van der Waals surface area contributed by atoms with Crippen LogP contribution in [0.15, 0.2) is 11.5 Å². The van der Waals surface area contributed by atoms with E-state index in [-0.39, 0.29) is 0 Å². The van der Waals surface area contributed by atoms with E-state index >= 15 is 0 Å². The highest BCUT2D eigenvalue weighted by Gasteiger charge is 2.05. The molecule has 0 unspecified atom stereocenters. The summed E-state index contributed by atoms with van der Waals surface area (Å²) in [6.45, 7) is 1.91. The van der Waals surface area contributed by atoms with Gasteiger partial charge < -0.3 is 9.82 Å². The molecular formula is C6H8BrN3O. The molecule has 0 spiro atoms. The zero-order chi connectivity index (χ0) is 8.27. The molecule has 0 aliphatic rings. The number of rotatable bonds is 2. The van der Waals surface area contributed by atoms with E-state index < -0.39 is 0 Å². The van der Waals surface area contributed by atoms with Gasteiger partial charge in [-0.25, -0.2) is 4.98 Å². The van der Waals surface area contributed by atoms with Crippen molar-refractivity contribution in [2.24, 2.45) is 5.16 Å². The van der Waals surface area contributed by atoms with Gasteiger partial charge in [0.2, 0.25) is 0 Å². The molecule has 0 saturated heterocycles. The van der Waals surface area contributed by atoms with Crippen molar-refractivity contribution in [3.8, 4) is 0 Å². The third kappa shape index (κ3) is 1.80. The third-order valence-electron chi connectivity index (χ3n) is 1.20. The number of aromatic nitrogens is 2. The molecule has 4 nitrogen and oxygen atoms in total. The maximum Gasteiger partial charge on any atom is 0.172 e. The van der Waals surface area contributed by atoms with Crippen LogP contribution < -0.4 is 0 Å². The lowest BCUT2D eigenvalue weighted by atomic mass is 10.4. The van der Waals surface area contributed by atoms with Gasteiger partial charge in [-0.3, -0.25) is 0 Å². The van der Waals surface area contributed by atoms with Crippen molar-refractivity contribution >= 4 is 20.6 Å². The molecule has 0 atom stereocenters. The van der Waals surface area contributed by atoms with Gasteiger partial charge in [0.05, 0.1) is 6.33 Å². The standard InChI is InChI=1S/C6H8BrN3O/c1-4-5(9-3-8-4)6(7)10-11-2/h3H,1-2H3,(H,8,9)/b10-6-. The van der Waals surface area contributed by atoms with Crippen molar-refractivity contribution in [2.45, 2.75) is 6.92 Å². The average Bonchev–Trinajstić information content (AvgIpc) is 2.36. The predicted molar refractivity (Wildman–Crippen MR) is 45.8 cm³/mol. The van der Waals surface area contributed by atoms with E-state index in [0.29, 0.717) is 4.62 Å². The fraction of sp³-hybridized carbons (Fsp3) is 0.333. The molecule has 0 amide bonds. The minimum Gasteiger partial charge on any atom is -0.398 e. The SMILES string of the molecule is CO/N=C(\Br)c1nc[nH]c1C. The second-order valence-corrected chi connectivity index (χ2v) is 2.69. The predicted octanol–water partition coefficient (Wildman–Crippen LogP) is 1.42. The molecule has 0 aliphatic carbocycles. The maximum atomic E-state index is 4.57. The Balaban J connectivity index is 2.92. The van der Waals surface area contributed by atoms with Gasteiger partial charge in [0, 0.05) is 5.69 Å². The molecule has 5 heteroatoms. The van der Waals surface area contributed by atoms with Crippen molar-refractivity contribution in [1.29, 1.82) is 0 Å². The summed E-state index contributed by atoms with van der Waals surface area (Å²) in [4.78, 5) is 11.5. The Morgan fingerprint density at radius 2 is 2.55 bits per heavy atom. The van der Waals surface area contributed by atoms with Gasteiger partial charge in [-0.05, 0) is 22.9 Å². The third-order valence-corrected chi connectivity index (χ3v) is 1.72. The fourth-order valence-corrected chi connectivity index (χ4v) is 1.23. The molecule has 0 saturated carbocycles. The van der Waals surface area contributed by atoms with Crippen LogP contribution in [0.1, 0.15) is 11.4 Å². The Kier molecular flexibility index (Phi) is 2.64. The van der Waals surface area contributed by atoms with Gasteiger partial charge in [0.25, 0.3) is 0 Å². The monoisotopic (exact) mass is 217 g/mol. The number of halogens is 1. The van der Waals surface area contributed by atoms with E-state index in [1.54, 1.807) is 6.33 Å². The van der Waals surface area contributed by atoms with E-state index in [4.69, 9.17) is 0 Å². The Morgan fingerprint density at radius 3 is 3.00 bits per heavy atom. The number of aryl methyl sites for hydroxylation is 1. The maximum absolute atomic E-state index is 4.57. The van der Waals surface area contributed by atoms with Crippen molar-refractivity contribution in [3.63, 3.8) is 0 Å². The van der Waals surface area contributed by atoms with E-state index in [2.05, 4.69) is 35.9 Å². The zero-order valence-electron chi connectivity index (χ0n) is 6.26. The van der Waals surface area contributed by atoms with Crippen molar-refractivity contribution < 1.29 is 4.84 Å². The molecule has 1 aromatic heterocycles. The zero-order valence-corrected chi connectivity index (χ0v) is 7.84. The highest BCUT2D eigenvalue weighted by atomic mass is 79.9. The van der Waals surface area contributed by atoms with Crippen LogP contribution >= 0.6 is 15.9 Å². The van der Waals surface area contributed by atoms with Crippen molar-refractivity contribution in [3.05, 3.63) is 17.7 Å². The molecule has 11 heavy (non-hydrogen) atoms. The number of nitrogens with zero attached hydrogens (tertiary/aromatic N) is 2. The van der Waals surface area contributed by atoms with Gasteiger partial charge >= 0.3 is 0 Å². The van der Waals surface area contributed by atoms with Crippen LogP contribution in [0.2, 0.25) is 0 Å². The summed E-state index contributed by atoms with van der Waals surface area (Å²) in [5.41, 5.74) is 1.73. The fourth-order valence-electron chi connectivity index (χ4n) is 0.690. The lowest BCUT2D eigenvalue weighted by molar-refractivity contribution is 0.215. The summed E-state index contributed by atoms with van der Waals surface area (Å²) in [5.74, 6) is 0. The Hall–Kier alpha value is -0.840. The van der Waals surface area contributed by atoms with E-state index in [1.165, 1.54) is 7.11 Å². The van der Waals surface area contributed by atoms with Crippen molar-refractivity contribution in [2.75, 3.05) is 7.11 Å². The van der Waals surface area contributed by atoms with Crippen LogP contribution in [0.3, 0.4) is 0 Å². The number of imidazole rings is 1. The largest absolute Gasteiger partial charge is 0.398 e. The number of H-pyrrole nitrogens is 1. The van der Waals surface area contributed by atoms with Crippen molar-refractivity contribution in [1.82, 2.24) is 9.97 Å². The second-order valence-electron chi connectivity index (χ2n) is 1.94. The second kappa shape index (κ2) is 3.52. The van der Waals surface area contributed by atoms with Crippen LogP contribution in [0, 0.1) is 6.92 Å². The topological polar surface area (TPSA) is 50.3 Å². The highest BCUT2D eigenvalue weighted by Crippen LogP contribution is 2.07. The van der Waals surface area contributed by atoms with E-state index in [0.717, 1.165) is 11.4 Å². The van der Waals surface area contributed by atoms with Gasteiger partial charge in [0.1, 0.15) is 12.8 Å². The first-order valence-electron chi connectivity index (χ1n) is 3.02. The quantitative estimate of drug-likeness (QED) is 0.602. The first-order valence-corrected chi connectivity index (χ1v) is 3.82. The lowest BCUT2D eigenvalue weighted by Gasteiger charge is -1.92. The van der Waals surface area contributed by atoms with E-state index in [9.17, 15) is 0 Å². The molecule has 0 aromatic carbocycles. The van der Waals surface area contributed by atoms with Crippen LogP contribution in [-0.4, -0.2) is 21.7 Å². The average molecular weight is 218 g/mol. The molecule has 1 aromatic rings. The Labute approximate surface area is 72.8 Å². The molecule has 1 rings (SSSR count). The highest BCUT2D eigenvalue weighted by molar-refractivity contribution is 9.18. The Bertz CT molecular complexity index is 269. The van der Waals surface area contributed by atoms with Gasteiger partial charge in [0.15, 0.2) is 4.62 Å². The summed E-state index contributed by atoms with van der Waals surface area (Å²) in [6.07, 6.45) is 1.61. The molecular weight excluding hydrogens is 210 g/mol. The normalized spacial score (nSPS) is 11.7. The summed E-state index contributed by atoms with van der Waals surface area (Å²) in [5, 5.41) is 3.68. The van der Waals surface area contributed by atoms with Crippen LogP contribution in [-0.2, 0) is 4.84 Å². The summed E-state index contributed by atoms with van der Waals surface area (Å²) in [7, 11) is 1.49. The van der Waals surface area contributed by atoms with Gasteiger partial charge in [-0.15, -0.1) is 0 Å². The number of oxime groups is 1. The lowest BCUT2D eigenvalue weighted by Crippen LogP contribution is -1.94. The molecule has 1 heterocycles. The number of hydrogen-bond donors (Lipinski definition) is 1. The first-order chi connectivity index (χ1) is 5.25. The Morgan fingerprint density at radius 1 is 1.82 bits per heavy atom. The number of aromatic amines is 1. The van der Waals surface area contributed by atoms with Crippen LogP contribution in [0.4, 0.5) is 0 Å². The van der Waals surface area contributed by atoms with Gasteiger partial charge in [-0.1, -0.05) is 5.16 Å². The molecule has 0 fully saturated rings. The molecule has 0 aliphatic heterocycles. The smallest absolute Gasteiger partial charge is 0.172 e. The molecule has 0 bridgehead atoms. The number of hydrogen-bond acceptors (Lipinski definition) is 3. The number of nitrogens with one attached hydrogen (secondary N) is 1. The van der Waals surface area contributed by atoms with Crippen LogP contribution in [0.5, 0.6) is 0 Å². The first kappa shape index (κ1) is 8.26. The van der Waals surface area contributed by atoms with Gasteiger partial charge in [-0.2, -0.15) is 0 Å². The summed E-state index contributed by atoms with van der Waals surface area (Å²) < 4.78 is 0.596.